The average Bonchev–Trinajstić information content (AvgIpc) is 2.49. The number of aryl methyl sites for hydroxylation is 1. The molecular formula is C17H31N3O. The Hall–Kier alpha value is -1.32. The van der Waals surface area contributed by atoms with Gasteiger partial charge in [-0.15, -0.1) is 0 Å². The van der Waals surface area contributed by atoms with E-state index in [1.54, 1.807) is 0 Å². The quantitative estimate of drug-likeness (QED) is 0.572. The number of ether oxygens (including phenoxy) is 1. The van der Waals surface area contributed by atoms with Crippen molar-refractivity contribution in [2.24, 2.45) is 0 Å². The van der Waals surface area contributed by atoms with Gasteiger partial charge in [0.15, 0.2) is 0 Å². The second-order valence-electron chi connectivity index (χ2n) is 5.45. The molecule has 1 rings (SSSR count). The molecule has 0 atom stereocenters. The number of hydrogen-bond donors (Lipinski definition) is 1. The van der Waals surface area contributed by atoms with Crippen molar-refractivity contribution in [1.29, 1.82) is 0 Å². The van der Waals surface area contributed by atoms with Crippen LogP contribution in [0.1, 0.15) is 71.5 Å². The minimum absolute atomic E-state index is 0.711. The van der Waals surface area contributed by atoms with Crippen molar-refractivity contribution in [2.75, 3.05) is 18.5 Å². The molecule has 4 heteroatoms. The van der Waals surface area contributed by atoms with E-state index in [0.29, 0.717) is 5.88 Å². The second kappa shape index (κ2) is 11.4. The van der Waals surface area contributed by atoms with Crippen LogP contribution >= 0.6 is 0 Å². The number of hydrogen-bond acceptors (Lipinski definition) is 4. The van der Waals surface area contributed by atoms with Crippen molar-refractivity contribution in [2.45, 2.75) is 72.1 Å². The molecule has 1 aromatic heterocycles. The lowest BCUT2D eigenvalue weighted by Gasteiger charge is -2.10. The minimum Gasteiger partial charge on any atom is -0.478 e. The van der Waals surface area contributed by atoms with E-state index in [-0.39, 0.29) is 0 Å². The van der Waals surface area contributed by atoms with E-state index in [9.17, 15) is 0 Å². The van der Waals surface area contributed by atoms with E-state index >= 15 is 0 Å². The molecule has 1 heterocycles. The molecule has 4 nitrogen and oxygen atoms in total. The number of unbranched alkanes of at least 4 members (excludes halogenated alkanes) is 4. The Labute approximate surface area is 129 Å². The van der Waals surface area contributed by atoms with Crippen molar-refractivity contribution in [3.8, 4) is 5.88 Å². The van der Waals surface area contributed by atoms with Crippen LogP contribution in [0.2, 0.25) is 0 Å². The first-order valence-electron chi connectivity index (χ1n) is 8.54. The molecule has 0 fully saturated rings. The largest absolute Gasteiger partial charge is 0.478 e. The molecule has 0 unspecified atom stereocenters. The fourth-order valence-corrected chi connectivity index (χ4v) is 2.11. The molecule has 0 radical (unpaired) electrons. The average molecular weight is 293 g/mol. The molecule has 1 aromatic rings. The third kappa shape index (κ3) is 7.88. The molecule has 0 bridgehead atoms. The summed E-state index contributed by atoms with van der Waals surface area (Å²) in [5.74, 6) is 2.47. The summed E-state index contributed by atoms with van der Waals surface area (Å²) in [5.41, 5.74) is 0. The topological polar surface area (TPSA) is 47.0 Å². The maximum absolute atomic E-state index is 5.80. The van der Waals surface area contributed by atoms with Crippen molar-refractivity contribution >= 4 is 5.82 Å². The van der Waals surface area contributed by atoms with E-state index in [1.807, 2.05) is 6.07 Å². The summed E-state index contributed by atoms with van der Waals surface area (Å²) in [4.78, 5) is 9.02. The standard InChI is InChI=1S/C17H31N3O/c1-4-7-8-9-10-13-21-17-14-16(18-12-6-3)19-15(20-17)11-5-2/h14H,4-13H2,1-3H3,(H,18,19,20). The highest BCUT2D eigenvalue weighted by Crippen LogP contribution is 2.15. The smallest absolute Gasteiger partial charge is 0.218 e. The molecule has 0 aromatic carbocycles. The van der Waals surface area contributed by atoms with Gasteiger partial charge in [0, 0.05) is 19.0 Å². The zero-order valence-corrected chi connectivity index (χ0v) is 14.0. The van der Waals surface area contributed by atoms with Gasteiger partial charge in [-0.2, -0.15) is 4.98 Å². The zero-order valence-electron chi connectivity index (χ0n) is 14.0. The lowest BCUT2D eigenvalue weighted by molar-refractivity contribution is 0.292. The van der Waals surface area contributed by atoms with Gasteiger partial charge in [0.25, 0.3) is 0 Å². The summed E-state index contributed by atoms with van der Waals surface area (Å²) < 4.78 is 5.80. The predicted octanol–water partition coefficient (Wildman–Crippen LogP) is 4.60. The minimum atomic E-state index is 0.711. The first-order valence-corrected chi connectivity index (χ1v) is 8.54. The van der Waals surface area contributed by atoms with E-state index in [0.717, 1.165) is 50.5 Å². The third-order valence-corrected chi connectivity index (χ3v) is 3.28. The Balaban J connectivity index is 2.48. The highest BCUT2D eigenvalue weighted by atomic mass is 16.5. The normalized spacial score (nSPS) is 10.6. The number of nitrogens with zero attached hydrogens (tertiary/aromatic N) is 2. The van der Waals surface area contributed by atoms with Gasteiger partial charge in [-0.05, 0) is 19.3 Å². The van der Waals surface area contributed by atoms with Gasteiger partial charge in [0.05, 0.1) is 6.61 Å². The molecule has 21 heavy (non-hydrogen) atoms. The van der Waals surface area contributed by atoms with Crippen LogP contribution in [-0.4, -0.2) is 23.1 Å². The lowest BCUT2D eigenvalue weighted by atomic mass is 10.2. The van der Waals surface area contributed by atoms with Crippen LogP contribution in [0.4, 0.5) is 5.82 Å². The Morgan fingerprint density at radius 2 is 1.76 bits per heavy atom. The second-order valence-corrected chi connectivity index (χ2v) is 5.45. The van der Waals surface area contributed by atoms with Crippen LogP contribution in [0.3, 0.4) is 0 Å². The van der Waals surface area contributed by atoms with Crippen LogP contribution < -0.4 is 10.1 Å². The summed E-state index contributed by atoms with van der Waals surface area (Å²) >= 11 is 0. The summed E-state index contributed by atoms with van der Waals surface area (Å²) in [6, 6.07) is 1.92. The van der Waals surface area contributed by atoms with Crippen LogP contribution in [0.25, 0.3) is 0 Å². The zero-order chi connectivity index (χ0) is 15.3. The molecule has 0 saturated carbocycles. The van der Waals surface area contributed by atoms with E-state index in [4.69, 9.17) is 4.74 Å². The van der Waals surface area contributed by atoms with Gasteiger partial charge >= 0.3 is 0 Å². The van der Waals surface area contributed by atoms with Crippen LogP contribution in [0.15, 0.2) is 6.07 Å². The van der Waals surface area contributed by atoms with Gasteiger partial charge in [-0.3, -0.25) is 0 Å². The first kappa shape index (κ1) is 17.7. The monoisotopic (exact) mass is 293 g/mol. The molecular weight excluding hydrogens is 262 g/mol. The Bertz CT molecular complexity index is 382. The fourth-order valence-electron chi connectivity index (χ4n) is 2.11. The lowest BCUT2D eigenvalue weighted by Crippen LogP contribution is -2.07. The number of anilines is 1. The molecule has 0 amide bonds. The Kier molecular flexibility index (Phi) is 9.58. The SMILES string of the molecule is CCCCCCCOc1cc(NCCC)nc(CCC)n1. The van der Waals surface area contributed by atoms with Gasteiger partial charge < -0.3 is 10.1 Å². The van der Waals surface area contributed by atoms with Gasteiger partial charge in [0.1, 0.15) is 11.6 Å². The molecule has 1 N–H and O–H groups in total. The Morgan fingerprint density at radius 1 is 0.952 bits per heavy atom. The van der Waals surface area contributed by atoms with Gasteiger partial charge in [-0.1, -0.05) is 46.5 Å². The van der Waals surface area contributed by atoms with Gasteiger partial charge in [0.2, 0.25) is 5.88 Å². The van der Waals surface area contributed by atoms with Crippen LogP contribution in [0, 0.1) is 0 Å². The van der Waals surface area contributed by atoms with Crippen molar-refractivity contribution in [3.05, 3.63) is 11.9 Å². The Morgan fingerprint density at radius 3 is 2.48 bits per heavy atom. The number of rotatable bonds is 12. The van der Waals surface area contributed by atoms with E-state index in [1.165, 1.54) is 25.7 Å². The number of nitrogens with one attached hydrogen (secondary N) is 1. The van der Waals surface area contributed by atoms with Gasteiger partial charge in [-0.25, -0.2) is 4.98 Å². The molecule has 120 valence electrons. The van der Waals surface area contributed by atoms with Crippen LogP contribution in [0.5, 0.6) is 5.88 Å². The van der Waals surface area contributed by atoms with E-state index < -0.39 is 0 Å². The predicted molar refractivity (Wildman–Crippen MR) is 89.1 cm³/mol. The molecule has 0 saturated heterocycles. The van der Waals surface area contributed by atoms with Crippen molar-refractivity contribution < 1.29 is 4.74 Å². The first-order chi connectivity index (χ1) is 10.3. The molecule has 0 spiro atoms. The highest BCUT2D eigenvalue weighted by Gasteiger charge is 2.05. The molecule has 0 aliphatic carbocycles. The number of aromatic nitrogens is 2. The summed E-state index contributed by atoms with van der Waals surface area (Å²) in [6.07, 6.45) is 9.27. The third-order valence-electron chi connectivity index (χ3n) is 3.28. The maximum atomic E-state index is 5.80. The van der Waals surface area contributed by atoms with Crippen molar-refractivity contribution in [1.82, 2.24) is 9.97 Å². The molecule has 0 aliphatic rings. The summed E-state index contributed by atoms with van der Waals surface area (Å²) in [5, 5.41) is 3.32. The molecule has 0 aliphatic heterocycles. The highest BCUT2D eigenvalue weighted by molar-refractivity contribution is 5.38. The van der Waals surface area contributed by atoms with Crippen LogP contribution in [-0.2, 0) is 6.42 Å². The van der Waals surface area contributed by atoms with E-state index in [2.05, 4.69) is 36.1 Å². The fraction of sp³-hybridized carbons (Fsp3) is 0.765. The summed E-state index contributed by atoms with van der Waals surface area (Å²) in [6.45, 7) is 8.20. The summed E-state index contributed by atoms with van der Waals surface area (Å²) in [7, 11) is 0. The van der Waals surface area contributed by atoms with Crippen molar-refractivity contribution in [3.63, 3.8) is 0 Å². The maximum Gasteiger partial charge on any atom is 0.218 e.